The number of rotatable bonds is 11. The highest BCUT2D eigenvalue weighted by molar-refractivity contribution is 5.01. The van der Waals surface area contributed by atoms with Crippen LogP contribution in [0.15, 0.2) is 18.7 Å². The summed E-state index contributed by atoms with van der Waals surface area (Å²) in [5, 5.41) is 188. The third kappa shape index (κ3) is 11.8. The summed E-state index contributed by atoms with van der Waals surface area (Å²) in [6.07, 6.45) is -52.2. The summed E-state index contributed by atoms with van der Waals surface area (Å²) in [5.41, 5.74) is 0. The summed E-state index contributed by atoms with van der Waals surface area (Å²) in [6, 6.07) is 0. The molecule has 1 aromatic rings. The number of aryl methyl sites for hydroxylation is 1. The maximum absolute atomic E-state index is 11.9. The topological polar surface area (TPSA) is 482 Å². The second-order valence-corrected chi connectivity index (χ2v) is 18.8. The van der Waals surface area contributed by atoms with Gasteiger partial charge in [-0.2, -0.15) is 0 Å². The molecule has 22 saturated heterocycles. The van der Waals surface area contributed by atoms with Crippen LogP contribution >= 0.6 is 0 Å². The molecule has 1 aromatic heterocycles. The third-order valence-corrected chi connectivity index (χ3v) is 14.1. The first-order chi connectivity index (χ1) is 35.5. The minimum absolute atomic E-state index is 0.133. The van der Waals surface area contributed by atoms with Gasteiger partial charge in [-0.05, 0) is 6.42 Å². The van der Waals surface area contributed by atoms with E-state index in [4.69, 9.17) is 61.6 Å². The largest absolute Gasteiger partial charge is 0.394 e. The Bertz CT molecular complexity index is 1840. The van der Waals surface area contributed by atoms with Crippen molar-refractivity contribution in [2.24, 2.45) is 0 Å². The lowest BCUT2D eigenvalue weighted by atomic mass is 9.94. The van der Waals surface area contributed by atoms with E-state index in [2.05, 4.69) is 4.98 Å². The molecular weight excluding hydrogens is 1010 g/mol. The number of aromatic nitrogens is 2. The van der Waals surface area contributed by atoms with E-state index in [0.29, 0.717) is 6.54 Å². The molecule has 0 saturated carbocycles. The fourth-order valence-electron chi connectivity index (χ4n) is 9.99. The van der Waals surface area contributed by atoms with Crippen molar-refractivity contribution in [2.75, 3.05) is 46.2 Å². The fraction of sp³-hybridized carbons (Fsp3) is 0.929. The average Bonchev–Trinajstić information content (AvgIpc) is 3.93. The summed E-state index contributed by atoms with van der Waals surface area (Å²) < 4.78 is 77.6. The van der Waals surface area contributed by atoms with Crippen LogP contribution in [0, 0.1) is 0 Å². The normalized spacial score (nSPS) is 50.7. The van der Waals surface area contributed by atoms with Gasteiger partial charge in [-0.1, -0.05) is 0 Å². The molecule has 74 heavy (non-hydrogen) atoms. The number of hydrogen-bond donors (Lipinski definition) is 17. The molecule has 0 spiro atoms. The number of imidazole rings is 1. The van der Waals surface area contributed by atoms with Gasteiger partial charge in [-0.25, -0.2) is 4.98 Å². The molecule has 22 aliphatic rings. The molecule has 0 aromatic carbocycles. The van der Waals surface area contributed by atoms with Gasteiger partial charge in [-0.3, -0.25) is 0 Å². The van der Waals surface area contributed by atoms with Crippen molar-refractivity contribution >= 4 is 0 Å². The minimum atomic E-state index is -2.15. The number of ether oxygens (including phenoxy) is 13. The molecule has 32 nitrogen and oxygen atoms in total. The van der Waals surface area contributed by atoms with Crippen molar-refractivity contribution in [1.82, 2.24) is 9.55 Å². The highest BCUT2D eigenvalue weighted by Gasteiger charge is 2.59. The third-order valence-electron chi connectivity index (χ3n) is 14.1. The lowest BCUT2D eigenvalue weighted by molar-refractivity contribution is -0.405. The highest BCUT2D eigenvalue weighted by atomic mass is 16.8. The van der Waals surface area contributed by atoms with Crippen LogP contribution in [0.5, 0.6) is 0 Å². The molecule has 0 aliphatic carbocycles. The van der Waals surface area contributed by atoms with Crippen LogP contribution in [0.4, 0.5) is 0 Å². The fourth-order valence-corrected chi connectivity index (χ4v) is 9.99. The van der Waals surface area contributed by atoms with Gasteiger partial charge >= 0.3 is 0 Å². The first-order valence-electron chi connectivity index (χ1n) is 24.1. The molecule has 30 atom stereocenters. The van der Waals surface area contributed by atoms with Gasteiger partial charge in [0.05, 0.1) is 46.0 Å². The van der Waals surface area contributed by atoms with Crippen molar-refractivity contribution in [3.05, 3.63) is 18.7 Å². The molecular formula is C42H68N2O30. The van der Waals surface area contributed by atoms with Crippen LogP contribution in [0.1, 0.15) is 6.42 Å². The van der Waals surface area contributed by atoms with Crippen LogP contribution in [0.25, 0.3) is 0 Å². The van der Waals surface area contributed by atoms with Gasteiger partial charge in [0.15, 0.2) is 37.7 Å². The molecule has 12 bridgehead atoms. The van der Waals surface area contributed by atoms with E-state index in [1.165, 1.54) is 0 Å². The molecule has 23 heterocycles. The van der Waals surface area contributed by atoms with Crippen LogP contribution < -0.4 is 0 Å². The van der Waals surface area contributed by atoms with Crippen molar-refractivity contribution in [3.63, 3.8) is 0 Å². The predicted molar refractivity (Wildman–Crippen MR) is 226 cm³/mol. The second kappa shape index (κ2) is 25.4. The number of aliphatic hydroxyl groups excluding tert-OH is 17. The smallest absolute Gasteiger partial charge is 0.187 e. The van der Waals surface area contributed by atoms with Crippen molar-refractivity contribution in [2.45, 2.75) is 197 Å². The van der Waals surface area contributed by atoms with E-state index in [-0.39, 0.29) is 13.0 Å². The van der Waals surface area contributed by atoms with E-state index in [1.54, 1.807) is 23.3 Å². The maximum atomic E-state index is 11.9. The summed E-state index contributed by atoms with van der Waals surface area (Å²) in [6.45, 7) is -5.65. The van der Waals surface area contributed by atoms with Gasteiger partial charge in [0, 0.05) is 25.5 Å². The Kier molecular flexibility index (Phi) is 20.0. The quantitative estimate of drug-likeness (QED) is 0.0915. The Morgan fingerprint density at radius 3 is 0.892 bits per heavy atom. The Hall–Kier alpha value is -1.99. The zero-order valence-electron chi connectivity index (χ0n) is 39.2. The average molecular weight is 1080 g/mol. The zero-order valence-corrected chi connectivity index (χ0v) is 39.2. The molecule has 23 rings (SSSR count). The molecule has 17 N–H and O–H groups in total. The molecule has 22 aliphatic heterocycles. The standard InChI is InChI=1S/C42H68N2O30/c45-6-13-30-19(51)24(56)37(63-13)70-31-14(7-46)65-39(26(58)21(31)53)72-33-16(9-48)67-41(28(60)23(33)55)74-35-18(11-50)68-42(29(61)36(35)62-5-1-3-44-4-2-43-12-44)73-34-17(10-49)66-40(27(59)22(34)54)71-32-15(8-47)64-38(69-30)25(57)20(32)52/h2,4,12-42,45-61H,1,3,5-11H2/t13-,14-,15-,16-,17-,18-,19-,20-,21-,22-,23-,24-,25-,26-,27-,28-,29-,30-,31-,32-,33-,34-,35+,36-,37-,38-,39-,40-,41-,42-/m1/s1. The van der Waals surface area contributed by atoms with Gasteiger partial charge in [0.2, 0.25) is 0 Å². The van der Waals surface area contributed by atoms with Crippen LogP contribution in [0.2, 0.25) is 0 Å². The monoisotopic (exact) mass is 1080 g/mol. The van der Waals surface area contributed by atoms with Gasteiger partial charge in [-0.15, -0.1) is 0 Å². The van der Waals surface area contributed by atoms with E-state index >= 15 is 0 Å². The first-order valence-corrected chi connectivity index (χ1v) is 24.1. The molecule has 0 unspecified atom stereocenters. The van der Waals surface area contributed by atoms with Gasteiger partial charge in [0.1, 0.15) is 146 Å². The summed E-state index contributed by atoms with van der Waals surface area (Å²) >= 11 is 0. The molecule has 22 fully saturated rings. The Morgan fingerprint density at radius 1 is 0.351 bits per heavy atom. The Morgan fingerprint density at radius 2 is 0.622 bits per heavy atom. The zero-order chi connectivity index (χ0) is 53.3. The number of aliphatic hydroxyl groups is 17. The van der Waals surface area contributed by atoms with Crippen molar-refractivity contribution in [1.29, 1.82) is 0 Å². The SMILES string of the molecule is OC[C@H]1O[C@@H]2O[C@H]3[C@H](O)[C@@H](O)[C@@H](O[C@H]4[C@H](O)[C@@H](O)[C@@H](O[C@H]5[C@H](O)[C@@H](O)[C@@H](O[C@H]6[C@H](O)[C@@H](O)[C@@H](O[C@H]7[C@H](O)[C@@H](O)[C@@H](O[C@@H]1[C@H](OCCCn1ccnc1)[C@H]2O)O[C@@H]7CO)O[C@@H]6CO)O[C@@H]5CO)O[C@@H]4CO)O[C@@H]3CO. The molecule has 426 valence electrons. The lowest BCUT2D eigenvalue weighted by Gasteiger charge is -2.51. The molecule has 0 radical (unpaired) electrons. The van der Waals surface area contributed by atoms with Crippen LogP contribution in [-0.4, -0.2) is 327 Å². The van der Waals surface area contributed by atoms with Crippen LogP contribution in [0.3, 0.4) is 0 Å². The van der Waals surface area contributed by atoms with E-state index in [1.807, 2.05) is 0 Å². The number of hydrogen-bond acceptors (Lipinski definition) is 31. The Balaban J connectivity index is 1.10. The molecule has 0 amide bonds. The van der Waals surface area contributed by atoms with Crippen molar-refractivity contribution < 1.29 is 148 Å². The summed E-state index contributed by atoms with van der Waals surface area (Å²) in [5.74, 6) is 0. The predicted octanol–water partition coefficient (Wildman–Crippen LogP) is -11.7. The van der Waals surface area contributed by atoms with E-state index in [0.717, 1.165) is 0 Å². The maximum Gasteiger partial charge on any atom is 0.187 e. The molecule has 32 heteroatoms. The Labute approximate surface area is 419 Å². The van der Waals surface area contributed by atoms with Crippen LogP contribution in [-0.2, 0) is 68.1 Å². The highest BCUT2D eigenvalue weighted by Crippen LogP contribution is 2.38. The number of nitrogens with zero attached hydrogens (tertiary/aromatic N) is 2. The van der Waals surface area contributed by atoms with E-state index < -0.39 is 224 Å². The summed E-state index contributed by atoms with van der Waals surface area (Å²) in [7, 11) is 0. The lowest BCUT2D eigenvalue weighted by Crippen LogP contribution is -2.69. The van der Waals surface area contributed by atoms with Gasteiger partial charge in [0.25, 0.3) is 0 Å². The van der Waals surface area contributed by atoms with E-state index in [9.17, 15) is 86.8 Å². The minimum Gasteiger partial charge on any atom is -0.394 e. The summed E-state index contributed by atoms with van der Waals surface area (Å²) in [4.78, 5) is 3.98. The van der Waals surface area contributed by atoms with Gasteiger partial charge < -0.3 is 153 Å². The van der Waals surface area contributed by atoms with Crippen molar-refractivity contribution in [3.8, 4) is 0 Å². The first kappa shape index (κ1) is 58.2. The second-order valence-electron chi connectivity index (χ2n) is 18.8.